The van der Waals surface area contributed by atoms with Gasteiger partial charge in [-0.05, 0) is 36.6 Å². The van der Waals surface area contributed by atoms with Gasteiger partial charge in [0.25, 0.3) is 0 Å². The van der Waals surface area contributed by atoms with Gasteiger partial charge in [-0.3, -0.25) is 0 Å². The fourth-order valence-corrected chi connectivity index (χ4v) is 3.44. The van der Waals surface area contributed by atoms with Gasteiger partial charge in [-0.25, -0.2) is 4.21 Å². The van der Waals surface area contributed by atoms with Gasteiger partial charge < -0.3 is 4.55 Å². The van der Waals surface area contributed by atoms with Crippen LogP contribution in [0.25, 0.3) is 0 Å². The minimum absolute atomic E-state index is 0.00919. The van der Waals surface area contributed by atoms with Gasteiger partial charge in [0.1, 0.15) is 0 Å². The van der Waals surface area contributed by atoms with Crippen molar-refractivity contribution in [1.29, 1.82) is 0 Å². The molecule has 0 saturated heterocycles. The van der Waals surface area contributed by atoms with Crippen molar-refractivity contribution in [1.82, 2.24) is 0 Å². The second kappa shape index (κ2) is 5.98. The summed E-state index contributed by atoms with van der Waals surface area (Å²) in [4.78, 5) is -0.00919. The van der Waals surface area contributed by atoms with Crippen molar-refractivity contribution >= 4 is 20.0 Å². The van der Waals surface area contributed by atoms with E-state index in [0.717, 1.165) is 11.6 Å². The van der Waals surface area contributed by atoms with E-state index < -0.39 is 20.5 Å². The SMILES string of the molecule is Cc1ccc(S(=O)(O)=S)c(Cc2ccccc2C(F)(F)F)c1. The van der Waals surface area contributed by atoms with Crippen LogP contribution in [0, 0.1) is 6.92 Å². The number of benzene rings is 2. The number of alkyl halides is 3. The van der Waals surface area contributed by atoms with Crippen molar-refractivity contribution in [2.45, 2.75) is 24.4 Å². The van der Waals surface area contributed by atoms with Crippen molar-refractivity contribution < 1.29 is 21.9 Å². The molecule has 0 saturated carbocycles. The van der Waals surface area contributed by atoms with E-state index in [4.69, 9.17) is 0 Å². The van der Waals surface area contributed by atoms with Crippen LogP contribution < -0.4 is 0 Å². The van der Waals surface area contributed by atoms with Gasteiger partial charge in [0.05, 0.1) is 10.5 Å². The van der Waals surface area contributed by atoms with E-state index in [2.05, 4.69) is 11.2 Å². The summed E-state index contributed by atoms with van der Waals surface area (Å²) < 4.78 is 60.4. The standard InChI is InChI=1S/C15H13F3O2S2/c1-10-6-7-14(22(19,20)21)12(8-10)9-11-4-2-3-5-13(11)15(16,17)18/h2-8H,9H2,1H3,(H,19,20,21). The summed E-state index contributed by atoms with van der Waals surface area (Å²) in [5, 5.41) is 0. The van der Waals surface area contributed by atoms with E-state index in [9.17, 15) is 21.9 Å². The van der Waals surface area contributed by atoms with Crippen LogP contribution in [0.15, 0.2) is 47.4 Å². The van der Waals surface area contributed by atoms with E-state index in [1.807, 2.05) is 0 Å². The molecule has 0 bridgehead atoms. The Morgan fingerprint density at radius 3 is 2.36 bits per heavy atom. The highest BCUT2D eigenvalue weighted by Crippen LogP contribution is 2.33. The molecule has 7 heteroatoms. The first kappa shape index (κ1) is 16.9. The Bertz CT molecular complexity index is 797. The van der Waals surface area contributed by atoms with E-state index >= 15 is 0 Å². The molecule has 0 aliphatic rings. The largest absolute Gasteiger partial charge is 0.416 e. The van der Waals surface area contributed by atoms with Crippen molar-refractivity contribution in [2.24, 2.45) is 0 Å². The zero-order chi connectivity index (χ0) is 16.5. The lowest BCUT2D eigenvalue weighted by molar-refractivity contribution is -0.138. The number of rotatable bonds is 3. The van der Waals surface area contributed by atoms with E-state index in [1.54, 1.807) is 19.1 Å². The monoisotopic (exact) mass is 346 g/mol. The van der Waals surface area contributed by atoms with Crippen LogP contribution in [0.4, 0.5) is 13.2 Å². The first-order valence-corrected chi connectivity index (χ1v) is 8.75. The van der Waals surface area contributed by atoms with Crippen molar-refractivity contribution in [3.8, 4) is 0 Å². The van der Waals surface area contributed by atoms with Gasteiger partial charge in [-0.2, -0.15) is 13.2 Å². The summed E-state index contributed by atoms with van der Waals surface area (Å²) in [5.74, 6) is 0. The Morgan fingerprint density at radius 2 is 1.77 bits per heavy atom. The Labute approximate surface area is 131 Å². The lowest BCUT2D eigenvalue weighted by Crippen LogP contribution is -2.10. The van der Waals surface area contributed by atoms with Crippen molar-refractivity contribution in [3.05, 3.63) is 64.7 Å². The average molecular weight is 346 g/mol. The molecule has 0 aliphatic heterocycles. The summed E-state index contributed by atoms with van der Waals surface area (Å²) in [6, 6.07) is 9.76. The zero-order valence-corrected chi connectivity index (χ0v) is 13.2. The van der Waals surface area contributed by atoms with Crippen molar-refractivity contribution in [2.75, 3.05) is 0 Å². The minimum Gasteiger partial charge on any atom is -0.302 e. The molecule has 2 aromatic rings. The van der Waals surface area contributed by atoms with Crippen LogP contribution in [0.2, 0.25) is 0 Å². The summed E-state index contributed by atoms with van der Waals surface area (Å²) in [6.07, 6.45) is -4.59. The smallest absolute Gasteiger partial charge is 0.302 e. The van der Waals surface area contributed by atoms with E-state index in [-0.39, 0.29) is 16.9 Å². The van der Waals surface area contributed by atoms with Gasteiger partial charge in [0.2, 0.25) is 0 Å². The van der Waals surface area contributed by atoms with E-state index in [1.165, 1.54) is 24.3 Å². The molecule has 0 amide bonds. The molecule has 1 unspecified atom stereocenters. The maximum Gasteiger partial charge on any atom is 0.416 e. The van der Waals surface area contributed by atoms with E-state index in [0.29, 0.717) is 5.56 Å². The molecule has 0 aliphatic carbocycles. The zero-order valence-electron chi connectivity index (χ0n) is 11.6. The molecule has 118 valence electrons. The Balaban J connectivity index is 2.56. The van der Waals surface area contributed by atoms with Gasteiger partial charge in [-0.1, -0.05) is 35.9 Å². The van der Waals surface area contributed by atoms with Crippen LogP contribution in [0.1, 0.15) is 22.3 Å². The van der Waals surface area contributed by atoms with Crippen LogP contribution in [0.3, 0.4) is 0 Å². The maximum absolute atomic E-state index is 13.0. The Kier molecular flexibility index (Phi) is 4.60. The highest BCUT2D eigenvalue weighted by molar-refractivity contribution is 8.29. The lowest BCUT2D eigenvalue weighted by atomic mass is 9.98. The highest BCUT2D eigenvalue weighted by atomic mass is 32.8. The third kappa shape index (κ3) is 3.85. The van der Waals surface area contributed by atoms with Crippen LogP contribution in [-0.2, 0) is 32.6 Å². The Hall–Kier alpha value is -1.44. The molecule has 1 N–H and O–H groups in total. The summed E-state index contributed by atoms with van der Waals surface area (Å²) in [5.41, 5.74) is 0.401. The van der Waals surface area contributed by atoms with Crippen LogP contribution in [-0.4, -0.2) is 8.76 Å². The molecule has 2 rings (SSSR count). The number of hydrogen-bond acceptors (Lipinski definition) is 2. The second-order valence-electron chi connectivity index (χ2n) is 4.92. The first-order chi connectivity index (χ1) is 10.1. The summed E-state index contributed by atoms with van der Waals surface area (Å²) in [7, 11) is -3.67. The lowest BCUT2D eigenvalue weighted by Gasteiger charge is -2.15. The molecule has 22 heavy (non-hydrogen) atoms. The summed E-state index contributed by atoms with van der Waals surface area (Å²) in [6.45, 7) is 1.76. The minimum atomic E-state index is -4.48. The van der Waals surface area contributed by atoms with Crippen LogP contribution in [0.5, 0.6) is 0 Å². The number of aryl methyl sites for hydroxylation is 1. The fraction of sp³-hybridized carbons (Fsp3) is 0.200. The second-order valence-corrected chi connectivity index (χ2v) is 7.66. The van der Waals surface area contributed by atoms with Crippen molar-refractivity contribution in [3.63, 3.8) is 0 Å². The average Bonchev–Trinajstić information content (AvgIpc) is 2.36. The molecule has 1 atom stereocenters. The van der Waals surface area contributed by atoms with Gasteiger partial charge in [0.15, 0.2) is 8.77 Å². The molecular weight excluding hydrogens is 333 g/mol. The van der Waals surface area contributed by atoms with Crippen LogP contribution >= 0.6 is 0 Å². The van der Waals surface area contributed by atoms with Gasteiger partial charge in [-0.15, -0.1) is 0 Å². The normalized spacial score (nSPS) is 14.6. The maximum atomic E-state index is 13.0. The molecule has 0 aromatic heterocycles. The molecule has 2 aromatic carbocycles. The number of hydrogen-bond donors (Lipinski definition) is 1. The Morgan fingerprint density at radius 1 is 1.14 bits per heavy atom. The third-order valence-corrected chi connectivity index (χ3v) is 4.69. The number of halogens is 3. The molecule has 0 fully saturated rings. The van der Waals surface area contributed by atoms with Gasteiger partial charge in [0, 0.05) is 11.2 Å². The topological polar surface area (TPSA) is 37.3 Å². The predicted molar refractivity (Wildman–Crippen MR) is 81.8 cm³/mol. The van der Waals surface area contributed by atoms with Gasteiger partial charge >= 0.3 is 6.18 Å². The molecule has 2 nitrogen and oxygen atoms in total. The summed E-state index contributed by atoms with van der Waals surface area (Å²) >= 11 is 4.57. The first-order valence-electron chi connectivity index (χ1n) is 6.31. The molecule has 0 heterocycles. The highest BCUT2D eigenvalue weighted by Gasteiger charge is 2.33. The fourth-order valence-electron chi connectivity index (χ4n) is 2.25. The molecule has 0 radical (unpaired) electrons. The molecule has 0 spiro atoms. The third-order valence-electron chi connectivity index (χ3n) is 3.20. The molecular formula is C15H13F3O2S2. The predicted octanol–water partition coefficient (Wildman–Crippen LogP) is 4.18. The quantitative estimate of drug-likeness (QED) is 0.906.